The van der Waals surface area contributed by atoms with Crippen LogP contribution in [0.2, 0.25) is 0 Å². The summed E-state index contributed by atoms with van der Waals surface area (Å²) < 4.78 is 23.3. The quantitative estimate of drug-likeness (QED) is 0.900. The predicted molar refractivity (Wildman–Crippen MR) is 71.5 cm³/mol. The molecule has 0 fully saturated rings. The Morgan fingerprint density at radius 3 is 2.67 bits per heavy atom. The van der Waals surface area contributed by atoms with E-state index in [9.17, 15) is 8.42 Å². The van der Waals surface area contributed by atoms with Crippen LogP contribution in [0.25, 0.3) is 11.0 Å². The lowest BCUT2D eigenvalue weighted by Gasteiger charge is -2.06. The summed E-state index contributed by atoms with van der Waals surface area (Å²) in [6.07, 6.45) is 1.97. The number of imidazole rings is 1. The van der Waals surface area contributed by atoms with Crippen LogP contribution in [0.3, 0.4) is 0 Å². The Bertz CT molecular complexity index is 659. The highest BCUT2D eigenvalue weighted by atomic mass is 32.2. The van der Waals surface area contributed by atoms with E-state index in [0.29, 0.717) is 5.52 Å². The van der Waals surface area contributed by atoms with Gasteiger partial charge in [0.1, 0.15) is 11.3 Å². The van der Waals surface area contributed by atoms with Gasteiger partial charge in [-0.2, -0.15) is 0 Å². The smallest absolute Gasteiger partial charge is 0.177 e. The Morgan fingerprint density at radius 2 is 2.06 bits per heavy atom. The summed E-state index contributed by atoms with van der Waals surface area (Å²) in [5, 5.41) is 0. The van der Waals surface area contributed by atoms with Crippen molar-refractivity contribution in [3.63, 3.8) is 0 Å². The topological polar surface area (TPSA) is 66.1 Å². The van der Waals surface area contributed by atoms with E-state index >= 15 is 0 Å². The Morgan fingerprint density at radius 1 is 1.33 bits per heavy atom. The molecule has 5 nitrogen and oxygen atoms in total. The number of H-pyrrole nitrogens is 1. The van der Waals surface area contributed by atoms with Gasteiger partial charge < -0.3 is 9.88 Å². The Hall–Kier alpha value is -1.40. The van der Waals surface area contributed by atoms with Gasteiger partial charge in [-0.25, -0.2) is 13.4 Å². The largest absolute Gasteiger partial charge is 0.342 e. The first-order valence-electron chi connectivity index (χ1n) is 5.70. The van der Waals surface area contributed by atoms with Crippen molar-refractivity contribution in [2.45, 2.75) is 11.3 Å². The molecule has 0 saturated carbocycles. The van der Waals surface area contributed by atoms with Crippen molar-refractivity contribution in [3.8, 4) is 0 Å². The fourth-order valence-corrected chi connectivity index (χ4v) is 2.64. The Kier molecular flexibility index (Phi) is 3.41. The predicted octanol–water partition coefficient (Wildman–Crippen LogP) is 1.07. The van der Waals surface area contributed by atoms with Gasteiger partial charge in [0, 0.05) is 19.2 Å². The molecule has 6 heteroatoms. The molecule has 0 radical (unpaired) electrons. The number of para-hydroxylation sites is 1. The second-order valence-corrected chi connectivity index (χ2v) is 6.65. The Balaban J connectivity index is 2.45. The lowest BCUT2D eigenvalue weighted by molar-refractivity contribution is 0.410. The van der Waals surface area contributed by atoms with E-state index < -0.39 is 9.84 Å². The zero-order valence-corrected chi connectivity index (χ0v) is 11.6. The maximum Gasteiger partial charge on any atom is 0.177 e. The number of aromatic nitrogens is 2. The number of nitrogens with one attached hydrogen (secondary N) is 1. The van der Waals surface area contributed by atoms with E-state index in [1.165, 1.54) is 6.26 Å². The van der Waals surface area contributed by atoms with Gasteiger partial charge in [-0.05, 0) is 26.2 Å². The molecular weight excluding hydrogens is 250 g/mol. The number of benzene rings is 1. The van der Waals surface area contributed by atoms with E-state index in [2.05, 4.69) is 14.9 Å². The molecule has 0 atom stereocenters. The molecule has 0 amide bonds. The number of hydrogen-bond acceptors (Lipinski definition) is 4. The van der Waals surface area contributed by atoms with Crippen LogP contribution in [-0.4, -0.2) is 50.2 Å². The maximum absolute atomic E-state index is 11.7. The molecule has 0 unspecified atom stereocenters. The van der Waals surface area contributed by atoms with Crippen LogP contribution in [-0.2, 0) is 16.3 Å². The van der Waals surface area contributed by atoms with E-state index in [1.807, 2.05) is 20.2 Å². The van der Waals surface area contributed by atoms with E-state index in [4.69, 9.17) is 0 Å². The minimum Gasteiger partial charge on any atom is -0.342 e. The fourth-order valence-electron chi connectivity index (χ4n) is 1.80. The van der Waals surface area contributed by atoms with Gasteiger partial charge in [0.05, 0.1) is 10.4 Å². The monoisotopic (exact) mass is 267 g/mol. The van der Waals surface area contributed by atoms with Crippen molar-refractivity contribution in [2.75, 3.05) is 26.9 Å². The minimum atomic E-state index is -3.24. The molecule has 0 aliphatic carbocycles. The lowest BCUT2D eigenvalue weighted by Crippen LogP contribution is -2.15. The number of aromatic amines is 1. The summed E-state index contributed by atoms with van der Waals surface area (Å²) >= 11 is 0. The first-order chi connectivity index (χ1) is 8.38. The van der Waals surface area contributed by atoms with Gasteiger partial charge in [0.25, 0.3) is 0 Å². The molecule has 0 saturated heterocycles. The molecular formula is C12H17N3O2S. The van der Waals surface area contributed by atoms with Gasteiger partial charge in [-0.1, -0.05) is 6.07 Å². The van der Waals surface area contributed by atoms with Crippen LogP contribution in [0.4, 0.5) is 0 Å². The van der Waals surface area contributed by atoms with Crippen molar-refractivity contribution < 1.29 is 8.42 Å². The zero-order valence-electron chi connectivity index (χ0n) is 10.8. The fraction of sp³-hybridized carbons (Fsp3) is 0.417. The van der Waals surface area contributed by atoms with Gasteiger partial charge in [-0.3, -0.25) is 0 Å². The van der Waals surface area contributed by atoms with Gasteiger partial charge in [0.2, 0.25) is 0 Å². The first-order valence-corrected chi connectivity index (χ1v) is 7.59. The molecule has 0 aliphatic rings. The highest BCUT2D eigenvalue weighted by molar-refractivity contribution is 7.91. The van der Waals surface area contributed by atoms with Crippen molar-refractivity contribution in [3.05, 3.63) is 24.0 Å². The number of hydrogen-bond donors (Lipinski definition) is 1. The number of rotatable bonds is 4. The zero-order chi connectivity index (χ0) is 13.3. The van der Waals surface area contributed by atoms with E-state index in [1.54, 1.807) is 12.1 Å². The average Bonchev–Trinajstić information content (AvgIpc) is 2.66. The molecule has 2 aromatic rings. The normalized spacial score (nSPS) is 12.4. The summed E-state index contributed by atoms with van der Waals surface area (Å²) in [6.45, 7) is 0.869. The molecule has 1 aromatic heterocycles. The minimum absolute atomic E-state index is 0.285. The molecule has 1 heterocycles. The molecule has 18 heavy (non-hydrogen) atoms. The van der Waals surface area contributed by atoms with Crippen LogP contribution < -0.4 is 0 Å². The summed E-state index contributed by atoms with van der Waals surface area (Å²) in [5.41, 5.74) is 1.31. The SMILES string of the molecule is CN(C)CCc1nc2c(S(C)(=O)=O)cccc2[nH]1. The molecule has 1 aromatic carbocycles. The van der Waals surface area contributed by atoms with Gasteiger partial charge in [-0.15, -0.1) is 0 Å². The average molecular weight is 267 g/mol. The summed E-state index contributed by atoms with van der Waals surface area (Å²) in [5.74, 6) is 0.815. The van der Waals surface area contributed by atoms with Crippen LogP contribution in [0.15, 0.2) is 23.1 Å². The third kappa shape index (κ3) is 2.70. The van der Waals surface area contributed by atoms with Crippen molar-refractivity contribution in [2.24, 2.45) is 0 Å². The van der Waals surface area contributed by atoms with E-state index in [0.717, 1.165) is 24.3 Å². The second kappa shape index (κ2) is 4.70. The third-order valence-corrected chi connectivity index (χ3v) is 3.85. The second-order valence-electron chi connectivity index (χ2n) is 4.66. The molecule has 0 bridgehead atoms. The van der Waals surface area contributed by atoms with Crippen LogP contribution in [0, 0.1) is 0 Å². The number of nitrogens with zero attached hydrogens (tertiary/aromatic N) is 2. The van der Waals surface area contributed by atoms with Crippen molar-refractivity contribution >= 4 is 20.9 Å². The summed E-state index contributed by atoms with van der Waals surface area (Å²) in [4.78, 5) is 9.90. The number of likely N-dealkylation sites (N-methyl/N-ethyl adjacent to an activating group) is 1. The van der Waals surface area contributed by atoms with Crippen LogP contribution in [0.5, 0.6) is 0 Å². The molecule has 2 rings (SSSR count). The maximum atomic E-state index is 11.7. The molecule has 0 spiro atoms. The van der Waals surface area contributed by atoms with Crippen molar-refractivity contribution in [1.29, 1.82) is 0 Å². The van der Waals surface area contributed by atoms with Crippen molar-refractivity contribution in [1.82, 2.24) is 14.9 Å². The van der Waals surface area contributed by atoms with Gasteiger partial charge >= 0.3 is 0 Å². The van der Waals surface area contributed by atoms with Gasteiger partial charge in [0.15, 0.2) is 9.84 Å². The molecule has 0 aliphatic heterocycles. The van der Waals surface area contributed by atoms with Crippen LogP contribution in [0.1, 0.15) is 5.82 Å². The standard InChI is InChI=1S/C12H17N3O2S/c1-15(2)8-7-11-13-9-5-4-6-10(12(9)14-11)18(3,16)17/h4-6H,7-8H2,1-3H3,(H,13,14). The first kappa shape index (κ1) is 13.0. The Labute approximate surface area is 107 Å². The lowest BCUT2D eigenvalue weighted by atomic mass is 10.3. The van der Waals surface area contributed by atoms with Crippen LogP contribution >= 0.6 is 0 Å². The number of sulfone groups is 1. The summed E-state index contributed by atoms with van der Waals surface area (Å²) in [6, 6.07) is 5.16. The number of fused-ring (bicyclic) bond motifs is 1. The third-order valence-electron chi connectivity index (χ3n) is 2.72. The molecule has 98 valence electrons. The summed E-state index contributed by atoms with van der Waals surface area (Å²) in [7, 11) is 0.741. The highest BCUT2D eigenvalue weighted by Gasteiger charge is 2.14. The highest BCUT2D eigenvalue weighted by Crippen LogP contribution is 2.21. The molecule has 1 N–H and O–H groups in total. The van der Waals surface area contributed by atoms with E-state index in [-0.39, 0.29) is 4.90 Å².